The molecule has 0 saturated heterocycles. The van der Waals surface area contributed by atoms with Gasteiger partial charge in [0.1, 0.15) is 11.3 Å². The second-order valence-electron chi connectivity index (χ2n) is 5.67. The molecule has 0 aliphatic rings. The zero-order valence-electron chi connectivity index (χ0n) is 14.1. The Morgan fingerprint density at radius 2 is 1.88 bits per heavy atom. The van der Waals surface area contributed by atoms with Crippen LogP contribution in [0.3, 0.4) is 0 Å². The molecule has 0 unspecified atom stereocenters. The van der Waals surface area contributed by atoms with Crippen LogP contribution in [0.1, 0.15) is 27.2 Å². The van der Waals surface area contributed by atoms with E-state index < -0.39 is 17.4 Å². The van der Waals surface area contributed by atoms with Crippen LogP contribution in [0.15, 0.2) is 35.1 Å². The number of amides is 1. The van der Waals surface area contributed by atoms with E-state index in [1.165, 1.54) is 0 Å². The number of aromatic amines is 1. The molecule has 1 amide bonds. The molecule has 0 radical (unpaired) electrons. The summed E-state index contributed by atoms with van der Waals surface area (Å²) in [4.78, 5) is 37.2. The van der Waals surface area contributed by atoms with Crippen molar-refractivity contribution in [3.8, 4) is 5.75 Å². The van der Waals surface area contributed by atoms with Crippen LogP contribution in [0.5, 0.6) is 5.75 Å². The van der Waals surface area contributed by atoms with Crippen LogP contribution in [-0.2, 0) is 11.2 Å². The summed E-state index contributed by atoms with van der Waals surface area (Å²) in [6, 6.07) is 8.70. The first-order valence-corrected chi connectivity index (χ1v) is 7.79. The summed E-state index contributed by atoms with van der Waals surface area (Å²) in [5.41, 5.74) is 2.04. The normalized spacial score (nSPS) is 10.3. The van der Waals surface area contributed by atoms with Crippen molar-refractivity contribution >= 4 is 11.9 Å². The lowest BCUT2D eigenvalue weighted by atomic mass is 10.1. The smallest absolute Gasteiger partial charge is 0.341 e. The van der Waals surface area contributed by atoms with Crippen LogP contribution >= 0.6 is 0 Å². The van der Waals surface area contributed by atoms with E-state index in [9.17, 15) is 14.4 Å². The second-order valence-corrected chi connectivity index (χ2v) is 5.67. The number of hydrogen-bond acceptors (Lipinski definition) is 4. The van der Waals surface area contributed by atoms with E-state index in [2.05, 4.69) is 10.3 Å². The monoisotopic (exact) mass is 344 g/mol. The summed E-state index contributed by atoms with van der Waals surface area (Å²) in [6.45, 7) is 3.48. The average Bonchev–Trinajstić information content (AvgIpc) is 2.53. The van der Waals surface area contributed by atoms with Gasteiger partial charge >= 0.3 is 5.97 Å². The predicted octanol–water partition coefficient (Wildman–Crippen LogP) is 1.43. The number of pyridine rings is 1. The van der Waals surface area contributed by atoms with Crippen LogP contribution in [0.2, 0.25) is 0 Å². The van der Waals surface area contributed by atoms with Crippen molar-refractivity contribution in [1.82, 2.24) is 10.3 Å². The number of hydrogen-bond donors (Lipinski definition) is 3. The Kier molecular flexibility index (Phi) is 5.94. The highest BCUT2D eigenvalue weighted by Crippen LogP contribution is 2.12. The second kappa shape index (κ2) is 8.14. The van der Waals surface area contributed by atoms with Gasteiger partial charge in [0.15, 0.2) is 6.61 Å². The number of aryl methyl sites for hydroxylation is 2. The first-order valence-electron chi connectivity index (χ1n) is 7.79. The van der Waals surface area contributed by atoms with Crippen molar-refractivity contribution in [2.45, 2.75) is 20.3 Å². The molecule has 2 aromatic rings. The minimum Gasteiger partial charge on any atom is -0.482 e. The number of rotatable bonds is 7. The highest BCUT2D eigenvalue weighted by Gasteiger charge is 2.13. The molecule has 3 N–H and O–H groups in total. The third kappa shape index (κ3) is 5.20. The van der Waals surface area contributed by atoms with Crippen molar-refractivity contribution in [2.75, 3.05) is 13.2 Å². The topological polar surface area (TPSA) is 108 Å². The Bertz CT molecular complexity index is 824. The van der Waals surface area contributed by atoms with Crippen molar-refractivity contribution in [1.29, 1.82) is 0 Å². The molecule has 0 spiro atoms. The zero-order valence-corrected chi connectivity index (χ0v) is 14.1. The number of aliphatic carboxylic acids is 1. The number of carboxylic acids is 1. The number of ether oxygens (including phenoxy) is 1. The van der Waals surface area contributed by atoms with E-state index in [0.717, 1.165) is 5.56 Å². The molecular weight excluding hydrogens is 324 g/mol. The minimum absolute atomic E-state index is 0.128. The van der Waals surface area contributed by atoms with Crippen molar-refractivity contribution < 1.29 is 19.4 Å². The molecule has 0 fully saturated rings. The fraction of sp³-hybridized carbons (Fsp3) is 0.278. The van der Waals surface area contributed by atoms with Gasteiger partial charge in [-0.2, -0.15) is 0 Å². The number of benzene rings is 1. The molecule has 132 valence electrons. The van der Waals surface area contributed by atoms with Gasteiger partial charge in [0.25, 0.3) is 11.5 Å². The van der Waals surface area contributed by atoms with Crippen molar-refractivity contribution in [3.05, 3.63) is 63.1 Å². The molecule has 25 heavy (non-hydrogen) atoms. The van der Waals surface area contributed by atoms with Gasteiger partial charge in [-0.1, -0.05) is 12.1 Å². The molecule has 0 atom stereocenters. The summed E-state index contributed by atoms with van der Waals surface area (Å²) in [6.07, 6.45) is 0.577. The summed E-state index contributed by atoms with van der Waals surface area (Å²) in [5.74, 6) is -0.967. The molecule has 0 aliphatic heterocycles. The van der Waals surface area contributed by atoms with Gasteiger partial charge in [0.2, 0.25) is 0 Å². The Morgan fingerprint density at radius 1 is 1.20 bits per heavy atom. The van der Waals surface area contributed by atoms with Crippen LogP contribution in [0.4, 0.5) is 0 Å². The molecule has 1 aromatic carbocycles. The Hall–Kier alpha value is -3.09. The van der Waals surface area contributed by atoms with Gasteiger partial charge in [-0.25, -0.2) is 4.79 Å². The summed E-state index contributed by atoms with van der Waals surface area (Å²) < 4.78 is 5.05. The molecule has 0 bridgehead atoms. The average molecular weight is 344 g/mol. The van der Waals surface area contributed by atoms with E-state index in [1.807, 2.05) is 0 Å². The van der Waals surface area contributed by atoms with Gasteiger partial charge in [0, 0.05) is 12.2 Å². The Morgan fingerprint density at radius 3 is 2.48 bits per heavy atom. The number of carbonyl (C=O) groups excluding carboxylic acids is 1. The number of aromatic nitrogens is 1. The minimum atomic E-state index is -1.03. The standard InChI is InChI=1S/C18H20N2O5/c1-11-9-12(2)20-18(24)16(11)17(23)19-8-7-13-3-5-14(6-4-13)25-10-15(21)22/h3-6,9H,7-8,10H2,1-2H3,(H,19,23)(H,20,24)(H,21,22). The third-order valence-electron chi connectivity index (χ3n) is 3.58. The number of nitrogens with one attached hydrogen (secondary N) is 2. The third-order valence-corrected chi connectivity index (χ3v) is 3.58. The Labute approximate surface area is 144 Å². The van der Waals surface area contributed by atoms with Crippen LogP contribution in [-0.4, -0.2) is 35.1 Å². The SMILES string of the molecule is Cc1cc(C)c(C(=O)NCCc2ccc(OCC(=O)O)cc2)c(=O)[nH]1. The van der Waals surface area contributed by atoms with Crippen molar-refractivity contribution in [3.63, 3.8) is 0 Å². The van der Waals surface area contributed by atoms with Crippen molar-refractivity contribution in [2.24, 2.45) is 0 Å². The predicted molar refractivity (Wildman–Crippen MR) is 92.1 cm³/mol. The van der Waals surface area contributed by atoms with Gasteiger partial charge in [-0.15, -0.1) is 0 Å². The highest BCUT2D eigenvalue weighted by molar-refractivity contribution is 5.95. The number of carbonyl (C=O) groups is 2. The lowest BCUT2D eigenvalue weighted by Crippen LogP contribution is -2.32. The lowest BCUT2D eigenvalue weighted by Gasteiger charge is -2.08. The molecule has 1 heterocycles. The van der Waals surface area contributed by atoms with Gasteiger partial charge in [0.05, 0.1) is 0 Å². The van der Waals surface area contributed by atoms with Gasteiger partial charge in [-0.05, 0) is 49.6 Å². The largest absolute Gasteiger partial charge is 0.482 e. The first-order chi connectivity index (χ1) is 11.9. The van der Waals surface area contributed by atoms with E-state index in [-0.39, 0.29) is 12.2 Å². The molecule has 0 saturated carbocycles. The maximum atomic E-state index is 12.2. The summed E-state index contributed by atoms with van der Waals surface area (Å²) >= 11 is 0. The van der Waals surface area contributed by atoms with Crippen LogP contribution in [0.25, 0.3) is 0 Å². The number of carboxylic acid groups (broad SMARTS) is 1. The first kappa shape index (κ1) is 18.3. The maximum absolute atomic E-state index is 12.2. The molecular formula is C18H20N2O5. The highest BCUT2D eigenvalue weighted by atomic mass is 16.5. The molecule has 0 aliphatic carbocycles. The Balaban J connectivity index is 1.89. The van der Waals surface area contributed by atoms with Crippen LogP contribution in [0, 0.1) is 13.8 Å². The fourth-order valence-electron chi connectivity index (χ4n) is 2.44. The quantitative estimate of drug-likeness (QED) is 0.704. The maximum Gasteiger partial charge on any atom is 0.341 e. The van der Waals surface area contributed by atoms with Gasteiger partial charge < -0.3 is 20.1 Å². The van der Waals surface area contributed by atoms with E-state index >= 15 is 0 Å². The van der Waals surface area contributed by atoms with E-state index in [4.69, 9.17) is 9.84 Å². The molecule has 7 heteroatoms. The fourth-order valence-corrected chi connectivity index (χ4v) is 2.44. The zero-order chi connectivity index (χ0) is 18.4. The molecule has 2 rings (SSSR count). The number of H-pyrrole nitrogens is 1. The molecule has 1 aromatic heterocycles. The van der Waals surface area contributed by atoms with E-state index in [0.29, 0.717) is 30.0 Å². The summed E-state index contributed by atoms with van der Waals surface area (Å²) in [7, 11) is 0. The van der Waals surface area contributed by atoms with Crippen LogP contribution < -0.4 is 15.6 Å². The lowest BCUT2D eigenvalue weighted by molar-refractivity contribution is -0.139. The molecule has 7 nitrogen and oxygen atoms in total. The van der Waals surface area contributed by atoms with Gasteiger partial charge in [-0.3, -0.25) is 9.59 Å². The summed E-state index contributed by atoms with van der Waals surface area (Å²) in [5, 5.41) is 11.3. The van der Waals surface area contributed by atoms with E-state index in [1.54, 1.807) is 44.2 Å².